The molecule has 17 atom stereocenters. The molecule has 1 amide bonds. The minimum Gasteiger partial charge on any atom is -0.394 e. The number of rotatable bonds is 48. The number of aliphatic hydroxyl groups is 11. The van der Waals surface area contributed by atoms with Gasteiger partial charge in [-0.3, -0.25) is 4.79 Å². The Kier molecular flexibility index (Phi) is 40.4. The summed E-state index contributed by atoms with van der Waals surface area (Å²) in [4.78, 5) is 13.3. The van der Waals surface area contributed by atoms with Crippen LogP contribution >= 0.6 is 0 Å². The highest BCUT2D eigenvalue weighted by molar-refractivity contribution is 5.76. The van der Waals surface area contributed by atoms with Gasteiger partial charge in [0.1, 0.15) is 73.2 Å². The molecule has 0 aliphatic carbocycles. The first-order valence-electron chi connectivity index (χ1n) is 31.8. The second kappa shape index (κ2) is 44.3. The van der Waals surface area contributed by atoms with Gasteiger partial charge in [0.25, 0.3) is 0 Å². The molecule has 0 aromatic rings. The lowest BCUT2D eigenvalue weighted by Gasteiger charge is -2.48. The summed E-state index contributed by atoms with van der Waals surface area (Å²) in [5.41, 5.74) is 0. The van der Waals surface area contributed by atoms with E-state index >= 15 is 0 Å². The van der Waals surface area contributed by atoms with Crippen molar-refractivity contribution in [2.75, 3.05) is 26.4 Å². The monoisotopic (exact) mass is 1140 g/mol. The quantitative estimate of drug-likeness (QED) is 0.0294. The number of amides is 1. The topological polar surface area (TPSA) is 307 Å². The number of hydrogen-bond acceptors (Lipinski definition) is 18. The van der Waals surface area contributed by atoms with Crippen molar-refractivity contribution >= 4 is 5.91 Å². The van der Waals surface area contributed by atoms with Crippen LogP contribution in [0.1, 0.15) is 245 Å². The van der Waals surface area contributed by atoms with Gasteiger partial charge in [0, 0.05) is 6.42 Å². The maximum atomic E-state index is 13.3. The molecular weight excluding hydrogens is 1020 g/mol. The van der Waals surface area contributed by atoms with Crippen LogP contribution in [-0.2, 0) is 33.2 Å². The van der Waals surface area contributed by atoms with Crippen LogP contribution < -0.4 is 5.32 Å². The van der Waals surface area contributed by atoms with Gasteiger partial charge in [-0.25, -0.2) is 0 Å². The zero-order valence-corrected chi connectivity index (χ0v) is 48.9. The Morgan fingerprint density at radius 2 is 0.722 bits per heavy atom. The lowest BCUT2D eigenvalue weighted by atomic mass is 9.96. The van der Waals surface area contributed by atoms with Crippen molar-refractivity contribution in [3.8, 4) is 0 Å². The molecule has 3 fully saturated rings. The highest BCUT2D eigenvalue weighted by atomic mass is 16.8. The molecule has 17 unspecified atom stereocenters. The number of nitrogens with one attached hydrogen (secondary N) is 1. The van der Waals surface area contributed by atoms with Gasteiger partial charge in [-0.1, -0.05) is 226 Å². The standard InChI is InChI=1S/C60H115NO18/c1-3-5-7-9-11-13-15-17-18-19-20-21-22-23-24-25-26-27-29-31-33-35-37-44(65)43(61-48(66)38-36-34-32-30-28-16-14-12-10-8-6-4-2)42-74-58-54(72)51(69)56(46(40-63)76-58)79-60-55(73)52(70)57(47(41-64)77-60)78-59-53(71)50(68)49(67)45(39-62)75-59/h43-47,49-60,62-65,67-73H,3-42H2,1-2H3,(H,61,66). The molecule has 12 N–H and O–H groups in total. The molecule has 3 aliphatic heterocycles. The molecule has 0 aromatic carbocycles. The first-order chi connectivity index (χ1) is 38.3. The fourth-order valence-corrected chi connectivity index (χ4v) is 11.2. The molecule has 0 bridgehead atoms. The van der Waals surface area contributed by atoms with Gasteiger partial charge < -0.3 is 89.9 Å². The zero-order chi connectivity index (χ0) is 57.6. The first-order valence-corrected chi connectivity index (χ1v) is 31.8. The van der Waals surface area contributed by atoms with Crippen LogP contribution in [0.3, 0.4) is 0 Å². The summed E-state index contributed by atoms with van der Waals surface area (Å²) in [6, 6.07) is -0.880. The Labute approximate surface area is 474 Å². The van der Waals surface area contributed by atoms with Gasteiger partial charge in [0.15, 0.2) is 18.9 Å². The summed E-state index contributed by atoms with van der Waals surface area (Å²) in [6.45, 7) is 1.81. The number of carbonyl (C=O) groups excluding carboxylic acids is 1. The number of ether oxygens (including phenoxy) is 6. The van der Waals surface area contributed by atoms with Gasteiger partial charge in [0.2, 0.25) is 5.91 Å². The van der Waals surface area contributed by atoms with Crippen LogP contribution in [-0.4, -0.2) is 193 Å². The Morgan fingerprint density at radius 3 is 1.10 bits per heavy atom. The third-order valence-corrected chi connectivity index (χ3v) is 16.4. The number of hydrogen-bond donors (Lipinski definition) is 12. The molecular formula is C60H115NO18. The van der Waals surface area contributed by atoms with Crippen LogP contribution in [0, 0.1) is 0 Å². The van der Waals surface area contributed by atoms with Crippen LogP contribution in [0.5, 0.6) is 0 Å². The van der Waals surface area contributed by atoms with Crippen molar-refractivity contribution in [3.05, 3.63) is 0 Å². The SMILES string of the molecule is CCCCCCCCCCCCCCCCCCCCCCCCC(O)C(COC1OC(CO)C(OC2OC(CO)C(OC3OC(CO)C(O)C(O)C3O)C(O)C2O)C(O)C1O)NC(=O)CCCCCCCCCCCCCC. The highest BCUT2D eigenvalue weighted by Gasteiger charge is 2.53. The van der Waals surface area contributed by atoms with Crippen LogP contribution in [0.2, 0.25) is 0 Å². The summed E-state index contributed by atoms with van der Waals surface area (Å²) >= 11 is 0. The average molecular weight is 1140 g/mol. The summed E-state index contributed by atoms with van der Waals surface area (Å²) in [7, 11) is 0. The van der Waals surface area contributed by atoms with Crippen molar-refractivity contribution in [1.82, 2.24) is 5.32 Å². The molecule has 468 valence electrons. The average Bonchev–Trinajstić information content (AvgIpc) is 3.49. The van der Waals surface area contributed by atoms with Gasteiger partial charge in [-0.2, -0.15) is 0 Å². The predicted molar refractivity (Wildman–Crippen MR) is 300 cm³/mol. The number of carbonyl (C=O) groups is 1. The maximum Gasteiger partial charge on any atom is 0.220 e. The van der Waals surface area contributed by atoms with E-state index in [0.717, 1.165) is 44.9 Å². The van der Waals surface area contributed by atoms with E-state index < -0.39 is 124 Å². The van der Waals surface area contributed by atoms with Crippen molar-refractivity contribution in [2.45, 2.75) is 349 Å². The van der Waals surface area contributed by atoms with Crippen molar-refractivity contribution in [2.24, 2.45) is 0 Å². The molecule has 3 heterocycles. The maximum absolute atomic E-state index is 13.3. The Bertz CT molecular complexity index is 1450. The van der Waals surface area contributed by atoms with E-state index in [4.69, 9.17) is 28.4 Å². The Balaban J connectivity index is 1.45. The van der Waals surface area contributed by atoms with E-state index in [2.05, 4.69) is 19.2 Å². The third kappa shape index (κ3) is 28.0. The minimum absolute atomic E-state index is 0.240. The second-order valence-electron chi connectivity index (χ2n) is 23.2. The van der Waals surface area contributed by atoms with E-state index in [9.17, 15) is 61.0 Å². The van der Waals surface area contributed by atoms with E-state index in [1.165, 1.54) is 167 Å². The Morgan fingerprint density at radius 1 is 0.405 bits per heavy atom. The van der Waals surface area contributed by atoms with E-state index in [-0.39, 0.29) is 18.9 Å². The van der Waals surface area contributed by atoms with E-state index in [0.29, 0.717) is 12.8 Å². The molecule has 0 radical (unpaired) electrons. The summed E-state index contributed by atoms with van der Waals surface area (Å²) in [5, 5.41) is 120. The Hall–Kier alpha value is -1.21. The molecule has 19 nitrogen and oxygen atoms in total. The number of unbranched alkanes of at least 4 members (excludes halogenated alkanes) is 32. The third-order valence-electron chi connectivity index (χ3n) is 16.4. The summed E-state index contributed by atoms with van der Waals surface area (Å²) in [6.07, 6.45) is 16.2. The van der Waals surface area contributed by atoms with Gasteiger partial charge in [-0.05, 0) is 12.8 Å². The smallest absolute Gasteiger partial charge is 0.220 e. The lowest BCUT2D eigenvalue weighted by molar-refractivity contribution is -0.379. The molecule has 3 saturated heterocycles. The highest BCUT2D eigenvalue weighted by Crippen LogP contribution is 2.33. The molecule has 0 spiro atoms. The number of aliphatic hydroxyl groups excluding tert-OH is 11. The molecule has 0 aromatic heterocycles. The lowest BCUT2D eigenvalue weighted by Crippen LogP contribution is -2.66. The van der Waals surface area contributed by atoms with Crippen molar-refractivity contribution < 1.29 is 89.4 Å². The second-order valence-corrected chi connectivity index (χ2v) is 23.2. The van der Waals surface area contributed by atoms with Crippen LogP contribution in [0.25, 0.3) is 0 Å². The largest absolute Gasteiger partial charge is 0.394 e. The van der Waals surface area contributed by atoms with Gasteiger partial charge in [-0.15, -0.1) is 0 Å². The fourth-order valence-electron chi connectivity index (χ4n) is 11.2. The zero-order valence-electron chi connectivity index (χ0n) is 48.9. The van der Waals surface area contributed by atoms with Gasteiger partial charge >= 0.3 is 0 Å². The predicted octanol–water partition coefficient (Wildman–Crippen LogP) is 6.38. The summed E-state index contributed by atoms with van der Waals surface area (Å²) in [5.74, 6) is -0.240. The van der Waals surface area contributed by atoms with E-state index in [1.807, 2.05) is 0 Å². The molecule has 3 rings (SSSR count). The fraction of sp³-hybridized carbons (Fsp3) is 0.983. The minimum atomic E-state index is -1.97. The molecule has 0 saturated carbocycles. The van der Waals surface area contributed by atoms with Crippen LogP contribution in [0.15, 0.2) is 0 Å². The van der Waals surface area contributed by atoms with Crippen LogP contribution in [0.4, 0.5) is 0 Å². The van der Waals surface area contributed by atoms with E-state index in [1.54, 1.807) is 0 Å². The molecule has 3 aliphatic rings. The van der Waals surface area contributed by atoms with Crippen molar-refractivity contribution in [3.63, 3.8) is 0 Å². The molecule has 79 heavy (non-hydrogen) atoms. The first kappa shape index (κ1) is 72.1. The summed E-state index contributed by atoms with van der Waals surface area (Å²) < 4.78 is 34.3. The normalized spacial score (nSPS) is 30.2. The van der Waals surface area contributed by atoms with Crippen molar-refractivity contribution in [1.29, 1.82) is 0 Å². The molecule has 19 heteroatoms. The van der Waals surface area contributed by atoms with Gasteiger partial charge in [0.05, 0.1) is 38.6 Å².